The standard InChI is InChI=1S/C25H33N3O4S/c1-5-23(29)28-14-12-20-16-21(9-10-22(20)28)33(31,32)27-24(17(2)3)25(30)26-13-11-19-8-6-7-18(4)15-19/h6-10,15-17,24,27H,5,11-14H2,1-4H3,(H,26,30)/t24-/m0/s1. The smallest absolute Gasteiger partial charge is 0.241 e. The summed E-state index contributed by atoms with van der Waals surface area (Å²) >= 11 is 0. The van der Waals surface area contributed by atoms with Crippen molar-refractivity contribution in [1.29, 1.82) is 0 Å². The third-order valence-electron chi connectivity index (χ3n) is 5.89. The Morgan fingerprint density at radius 2 is 1.88 bits per heavy atom. The van der Waals surface area contributed by atoms with E-state index in [2.05, 4.69) is 16.1 Å². The summed E-state index contributed by atoms with van der Waals surface area (Å²) in [4.78, 5) is 26.7. The first-order valence-electron chi connectivity index (χ1n) is 11.4. The van der Waals surface area contributed by atoms with E-state index in [1.165, 1.54) is 6.07 Å². The maximum Gasteiger partial charge on any atom is 0.241 e. The van der Waals surface area contributed by atoms with Crippen LogP contribution in [0.2, 0.25) is 0 Å². The molecule has 7 nitrogen and oxygen atoms in total. The van der Waals surface area contributed by atoms with Crippen molar-refractivity contribution < 1.29 is 18.0 Å². The van der Waals surface area contributed by atoms with Gasteiger partial charge in [0.2, 0.25) is 21.8 Å². The van der Waals surface area contributed by atoms with Gasteiger partial charge in [0.25, 0.3) is 0 Å². The normalized spacial score (nSPS) is 14.3. The van der Waals surface area contributed by atoms with Crippen LogP contribution >= 0.6 is 0 Å². The van der Waals surface area contributed by atoms with E-state index in [4.69, 9.17) is 0 Å². The second-order valence-corrected chi connectivity index (χ2v) is 10.5. The molecule has 178 valence electrons. The van der Waals surface area contributed by atoms with E-state index < -0.39 is 16.1 Å². The molecule has 1 heterocycles. The van der Waals surface area contributed by atoms with Gasteiger partial charge >= 0.3 is 0 Å². The molecule has 2 N–H and O–H groups in total. The van der Waals surface area contributed by atoms with Gasteiger partial charge < -0.3 is 10.2 Å². The van der Waals surface area contributed by atoms with Gasteiger partial charge in [-0.25, -0.2) is 8.42 Å². The van der Waals surface area contributed by atoms with Crippen molar-refractivity contribution in [2.75, 3.05) is 18.0 Å². The van der Waals surface area contributed by atoms with Crippen molar-refractivity contribution >= 4 is 27.5 Å². The summed E-state index contributed by atoms with van der Waals surface area (Å²) in [6, 6.07) is 12.0. The first-order chi connectivity index (χ1) is 15.6. The molecule has 2 aromatic carbocycles. The third-order valence-corrected chi connectivity index (χ3v) is 7.33. The van der Waals surface area contributed by atoms with Crippen LogP contribution in [0.1, 0.15) is 43.9 Å². The van der Waals surface area contributed by atoms with Crippen molar-refractivity contribution in [2.45, 2.75) is 57.9 Å². The first kappa shape index (κ1) is 24.9. The molecule has 2 aromatic rings. The lowest BCUT2D eigenvalue weighted by Gasteiger charge is -2.22. The Morgan fingerprint density at radius 1 is 1.12 bits per heavy atom. The second kappa shape index (κ2) is 10.5. The summed E-state index contributed by atoms with van der Waals surface area (Å²) in [6.45, 7) is 8.42. The quantitative estimate of drug-likeness (QED) is 0.588. The summed E-state index contributed by atoms with van der Waals surface area (Å²) in [7, 11) is -3.91. The minimum atomic E-state index is -3.91. The molecule has 2 amide bonds. The summed E-state index contributed by atoms with van der Waals surface area (Å²) < 4.78 is 28.8. The molecule has 1 aliphatic heterocycles. The molecular formula is C25H33N3O4S. The average molecular weight is 472 g/mol. The number of hydrogen-bond acceptors (Lipinski definition) is 4. The molecule has 0 unspecified atom stereocenters. The highest BCUT2D eigenvalue weighted by molar-refractivity contribution is 7.89. The van der Waals surface area contributed by atoms with E-state index in [1.54, 1.807) is 24.0 Å². The SMILES string of the molecule is CCC(=O)N1CCc2cc(S(=O)(=O)N[C@H](C(=O)NCCc3cccc(C)c3)C(C)C)ccc21. The van der Waals surface area contributed by atoms with Gasteiger partial charge in [-0.2, -0.15) is 4.72 Å². The zero-order valence-electron chi connectivity index (χ0n) is 19.7. The van der Waals surface area contributed by atoms with Crippen LogP contribution in [0.5, 0.6) is 0 Å². The predicted octanol–water partition coefficient (Wildman–Crippen LogP) is 2.96. The number of carbonyl (C=O) groups excluding carboxylic acids is 2. The Hall–Kier alpha value is -2.71. The van der Waals surface area contributed by atoms with Crippen LogP contribution in [0, 0.1) is 12.8 Å². The van der Waals surface area contributed by atoms with Gasteiger partial charge in [0.05, 0.1) is 4.90 Å². The van der Waals surface area contributed by atoms with Crippen LogP contribution in [-0.4, -0.2) is 39.4 Å². The van der Waals surface area contributed by atoms with Crippen LogP contribution in [0.4, 0.5) is 5.69 Å². The number of hydrogen-bond donors (Lipinski definition) is 2. The summed E-state index contributed by atoms with van der Waals surface area (Å²) in [5, 5.41) is 2.86. The van der Waals surface area contributed by atoms with Crippen LogP contribution < -0.4 is 14.9 Å². The van der Waals surface area contributed by atoms with E-state index >= 15 is 0 Å². The number of fused-ring (bicyclic) bond motifs is 1. The van der Waals surface area contributed by atoms with Crippen molar-refractivity contribution in [3.05, 3.63) is 59.2 Å². The maximum atomic E-state index is 13.1. The van der Waals surface area contributed by atoms with Gasteiger partial charge in [-0.3, -0.25) is 9.59 Å². The molecule has 0 radical (unpaired) electrons. The highest BCUT2D eigenvalue weighted by Gasteiger charge is 2.30. The number of amides is 2. The highest BCUT2D eigenvalue weighted by atomic mass is 32.2. The van der Waals surface area contributed by atoms with Crippen LogP contribution in [0.15, 0.2) is 47.4 Å². The summed E-state index contributed by atoms with van der Waals surface area (Å²) in [5.41, 5.74) is 3.85. The van der Waals surface area contributed by atoms with E-state index in [9.17, 15) is 18.0 Å². The zero-order valence-corrected chi connectivity index (χ0v) is 20.5. The molecule has 0 fully saturated rings. The number of aryl methyl sites for hydroxylation is 1. The summed E-state index contributed by atoms with van der Waals surface area (Å²) in [6.07, 6.45) is 1.68. The molecule has 0 aliphatic carbocycles. The molecule has 0 aromatic heterocycles. The van der Waals surface area contributed by atoms with Gasteiger partial charge in [-0.1, -0.05) is 50.6 Å². The average Bonchev–Trinajstić information content (AvgIpc) is 3.20. The number of nitrogens with one attached hydrogen (secondary N) is 2. The van der Waals surface area contributed by atoms with Crippen LogP contribution in [0.25, 0.3) is 0 Å². The molecule has 1 atom stereocenters. The fourth-order valence-corrected chi connectivity index (χ4v) is 5.42. The van der Waals surface area contributed by atoms with Gasteiger partial charge in [0.1, 0.15) is 6.04 Å². The van der Waals surface area contributed by atoms with Gasteiger partial charge in [0.15, 0.2) is 0 Å². The van der Waals surface area contributed by atoms with E-state index in [0.29, 0.717) is 32.4 Å². The van der Waals surface area contributed by atoms with Crippen LogP contribution in [0.3, 0.4) is 0 Å². The van der Waals surface area contributed by atoms with Gasteiger partial charge in [-0.15, -0.1) is 0 Å². The molecule has 0 saturated carbocycles. The second-order valence-electron chi connectivity index (χ2n) is 8.81. The first-order valence-corrected chi connectivity index (χ1v) is 12.9. The number of benzene rings is 2. The predicted molar refractivity (Wildman–Crippen MR) is 130 cm³/mol. The molecule has 0 bridgehead atoms. The van der Waals surface area contributed by atoms with Crippen molar-refractivity contribution in [3.8, 4) is 0 Å². The van der Waals surface area contributed by atoms with Crippen LogP contribution in [-0.2, 0) is 32.5 Å². The molecule has 3 rings (SSSR count). The Labute approximate surface area is 196 Å². The Balaban J connectivity index is 1.68. The maximum absolute atomic E-state index is 13.1. The fourth-order valence-electron chi connectivity index (χ4n) is 4.03. The summed E-state index contributed by atoms with van der Waals surface area (Å²) in [5.74, 6) is -0.558. The topological polar surface area (TPSA) is 95.6 Å². The Kier molecular flexibility index (Phi) is 7.92. The van der Waals surface area contributed by atoms with Gasteiger partial charge in [-0.05, 0) is 55.0 Å². The van der Waals surface area contributed by atoms with Crippen molar-refractivity contribution in [1.82, 2.24) is 10.0 Å². The molecule has 8 heteroatoms. The monoisotopic (exact) mass is 471 g/mol. The zero-order chi connectivity index (χ0) is 24.2. The lowest BCUT2D eigenvalue weighted by Crippen LogP contribution is -2.49. The number of rotatable bonds is 9. The number of carbonyl (C=O) groups is 2. The van der Waals surface area contributed by atoms with Crippen molar-refractivity contribution in [3.63, 3.8) is 0 Å². The lowest BCUT2D eigenvalue weighted by atomic mass is 10.0. The van der Waals surface area contributed by atoms with E-state index in [-0.39, 0.29) is 22.6 Å². The fraction of sp³-hybridized carbons (Fsp3) is 0.440. The van der Waals surface area contributed by atoms with Gasteiger partial charge in [0, 0.05) is 25.2 Å². The Morgan fingerprint density at radius 3 is 2.55 bits per heavy atom. The highest BCUT2D eigenvalue weighted by Crippen LogP contribution is 2.30. The number of sulfonamides is 1. The Bertz CT molecular complexity index is 1130. The molecule has 1 aliphatic rings. The largest absolute Gasteiger partial charge is 0.354 e. The van der Waals surface area contributed by atoms with E-state index in [0.717, 1.165) is 22.4 Å². The number of nitrogens with zero attached hydrogens (tertiary/aromatic N) is 1. The van der Waals surface area contributed by atoms with Crippen molar-refractivity contribution in [2.24, 2.45) is 5.92 Å². The molecule has 0 saturated heterocycles. The van der Waals surface area contributed by atoms with E-state index in [1.807, 2.05) is 39.0 Å². The molecule has 33 heavy (non-hydrogen) atoms. The lowest BCUT2D eigenvalue weighted by molar-refractivity contribution is -0.123. The molecular weight excluding hydrogens is 438 g/mol. The minimum absolute atomic E-state index is 0.0182. The minimum Gasteiger partial charge on any atom is -0.354 e. The molecule has 0 spiro atoms. The third kappa shape index (κ3) is 6.00. The number of anilines is 1.